The number of hydrogen-bond acceptors (Lipinski definition) is 20. The van der Waals surface area contributed by atoms with Crippen molar-refractivity contribution in [3.05, 3.63) is 171 Å². The molecule has 0 aliphatic carbocycles. The minimum atomic E-state index is -1.33. The number of epoxide rings is 9. The molecule has 9 atom stereocenters. The molecule has 21 nitrogen and oxygen atoms in total. The highest BCUT2D eigenvalue weighted by molar-refractivity contribution is 6.44. The van der Waals surface area contributed by atoms with Crippen molar-refractivity contribution in [1.29, 1.82) is 0 Å². The van der Waals surface area contributed by atoms with E-state index in [0.29, 0.717) is 92.3 Å². The molecule has 9 saturated heterocycles. The van der Waals surface area contributed by atoms with Crippen LogP contribution in [0, 0.1) is 5.41 Å². The highest BCUT2D eigenvalue weighted by atomic mass is 35.5. The number of nitrogens with one attached hydrogen (secondary N) is 1. The van der Waals surface area contributed by atoms with E-state index < -0.39 is 9.28 Å². The first-order chi connectivity index (χ1) is 53.2. The zero-order chi connectivity index (χ0) is 80.1. The summed E-state index contributed by atoms with van der Waals surface area (Å²) < 4.78 is 88.3. The number of carbonyl (C=O) groups excluding carboxylic acids is 3. The van der Waals surface area contributed by atoms with Crippen LogP contribution in [-0.4, -0.2) is 213 Å². The largest absolute Gasteiger partial charge is 0.491 e. The van der Waals surface area contributed by atoms with Gasteiger partial charge in [0.25, 0.3) is 11.8 Å². The van der Waals surface area contributed by atoms with Gasteiger partial charge in [0, 0.05) is 32.3 Å². The number of para-hydroxylation sites is 1. The van der Waals surface area contributed by atoms with Crippen LogP contribution in [0.15, 0.2) is 127 Å². The molecule has 23 heteroatoms. The number of aryl methyl sites for hydroxylation is 1. The van der Waals surface area contributed by atoms with Crippen LogP contribution in [-0.2, 0) is 100 Å². The van der Waals surface area contributed by atoms with Gasteiger partial charge in [-0.1, -0.05) is 171 Å². The van der Waals surface area contributed by atoms with Gasteiger partial charge >= 0.3 is 15.3 Å². The lowest BCUT2D eigenvalue weighted by atomic mass is 9.77. The topological polar surface area (TPSA) is 250 Å². The summed E-state index contributed by atoms with van der Waals surface area (Å²) in [6, 6.07) is 42.1. The predicted octanol–water partition coefficient (Wildman–Crippen LogP) is 15.3. The van der Waals surface area contributed by atoms with Crippen molar-refractivity contribution >= 4 is 38.7 Å². The molecule has 2 amide bonds. The minimum absolute atomic E-state index is 0.00799. The third kappa shape index (κ3) is 42.6. The summed E-state index contributed by atoms with van der Waals surface area (Å²) in [6.07, 6.45) is 15.1. The van der Waals surface area contributed by atoms with Gasteiger partial charge in [0.15, 0.2) is 0 Å². The van der Waals surface area contributed by atoms with Crippen molar-refractivity contribution < 1.29 is 94.3 Å². The molecule has 5 aromatic rings. The van der Waals surface area contributed by atoms with Crippen molar-refractivity contribution in [2.45, 2.75) is 231 Å². The Morgan fingerprint density at radius 3 is 1.63 bits per heavy atom. The molecule has 111 heavy (non-hydrogen) atoms. The summed E-state index contributed by atoms with van der Waals surface area (Å²) in [6.45, 7) is 39.0. The van der Waals surface area contributed by atoms with Gasteiger partial charge in [-0.25, -0.2) is 4.79 Å². The summed E-state index contributed by atoms with van der Waals surface area (Å²) in [4.78, 5) is 34.6. The number of carbonyl (C=O) groups is 3. The fourth-order valence-electron chi connectivity index (χ4n) is 10.6. The molecule has 0 spiro atoms. The number of amides is 2. The molecular formula is C88H130ClNO20Si. The third-order valence-corrected chi connectivity index (χ3v) is 20.8. The lowest BCUT2D eigenvalue weighted by Gasteiger charge is -2.27. The van der Waals surface area contributed by atoms with Crippen LogP contribution >= 0.6 is 11.6 Å². The van der Waals surface area contributed by atoms with Gasteiger partial charge in [-0.3, -0.25) is 14.9 Å². The lowest BCUT2D eigenvalue weighted by Crippen LogP contribution is -2.30. The Hall–Kier alpha value is -5.58. The number of unbranched alkanes of at least 4 members (excludes halogenated alkanes) is 4. The van der Waals surface area contributed by atoms with Crippen molar-refractivity contribution in [2.24, 2.45) is 5.41 Å². The SMILES string of the molecule is CC(C)(C)C1(CCc2ccc(Cl)cc2)CO1.CC(C)(C)OCC1CO1.CC(C)(C)c1ccc(C(=O)OCC2CO2)cc1.CC(C)OCC1CO1.CCCCCCC1CO1.CO[SiH](CCCCOCC1CO1)OC.O=C1NC(=O)c2c(CC3CO3)cccc21.c1ccc(COCC2CO2)cc1.c1ccc(OCC2CO2)cc1. The first kappa shape index (κ1) is 92.6. The Kier molecular flexibility index (Phi) is 40.6. The molecule has 9 unspecified atom stereocenters. The zero-order valence-electron chi connectivity index (χ0n) is 68.7. The fraction of sp³-hybridized carbons (Fsp3) is 0.625. The third-order valence-electron chi connectivity index (χ3n) is 18.6. The molecule has 0 radical (unpaired) electrons. The highest BCUT2D eigenvalue weighted by Gasteiger charge is 2.53. The van der Waals surface area contributed by atoms with E-state index in [1.165, 1.54) is 48.8 Å². The normalized spacial score (nSPS) is 22.4. The molecule has 10 aliphatic rings. The van der Waals surface area contributed by atoms with Crippen molar-refractivity contribution in [2.75, 3.05) is 120 Å². The Morgan fingerprint density at radius 2 is 1.11 bits per heavy atom. The van der Waals surface area contributed by atoms with Crippen molar-refractivity contribution in [3.63, 3.8) is 0 Å². The molecule has 10 heterocycles. The number of halogens is 1. The van der Waals surface area contributed by atoms with Gasteiger partial charge in [-0.2, -0.15) is 0 Å². The number of benzene rings is 5. The van der Waals surface area contributed by atoms with E-state index in [9.17, 15) is 14.4 Å². The Morgan fingerprint density at radius 1 is 0.568 bits per heavy atom. The summed E-state index contributed by atoms with van der Waals surface area (Å²) in [5.41, 5.74) is 6.71. The molecule has 0 bridgehead atoms. The maximum atomic E-state index is 11.7. The molecule has 5 aromatic carbocycles. The average Bonchev–Trinajstić information content (AvgIpc) is 1.62. The van der Waals surface area contributed by atoms with Crippen LogP contribution in [0.5, 0.6) is 5.75 Å². The maximum absolute atomic E-state index is 11.7. The maximum Gasteiger partial charge on any atom is 0.338 e. The zero-order valence-corrected chi connectivity index (χ0v) is 70.7. The molecule has 15 rings (SSSR count). The predicted molar refractivity (Wildman–Crippen MR) is 433 cm³/mol. The van der Waals surface area contributed by atoms with Gasteiger partial charge in [0.05, 0.1) is 139 Å². The molecule has 618 valence electrons. The smallest absolute Gasteiger partial charge is 0.338 e. The van der Waals surface area contributed by atoms with Gasteiger partial charge in [0.1, 0.15) is 55.6 Å². The second-order valence-corrected chi connectivity index (χ2v) is 35.1. The number of imide groups is 1. The Labute approximate surface area is 668 Å². The number of esters is 1. The standard InChI is InChI=1S/C14H19ClO.C14H18O3.C11H9NO3.C10H12O2.C9H20O4Si.C9H10O2.C8H16O.C7H14O2.C6H12O2/c1-13(2,3)14(10-16-14)9-8-11-4-6-12(15)7-5-11;1-14(2,3)11-6-4-10(5-7-11)13(15)17-9-12-8-16-12;13-10-8-3-1-2-6(4-7-5-15-7)9(8)11(14)12-10;1-2-4-9(5-3-1)6-11-7-10-8-12-10;1-10-14(11-2)6-4-3-5-12-7-9-8-13-9;1-2-4-8(5-3-1)10-6-9-7-11-9;1-2-3-4-5-6-8-7-9-8;1-7(2,3)9-5-6-4-8-6;1-5(2)7-3-6-4-8-6/h4-7H,8-10H2,1-3H3;4-7,12H,8-9H2,1-3H3;1-3,7H,4-5H2,(H,12,13,14);1-5,10H,6-8H2;9,14H,3-8H2,1-2H3;1-5,9H,6-7H2;8H,2-7H2,1H3;6H,4-5H2,1-3H3;5-6H,3-4H2,1-2H3. The van der Waals surface area contributed by atoms with Crippen LogP contribution in [0.2, 0.25) is 11.1 Å². The van der Waals surface area contributed by atoms with Crippen molar-refractivity contribution in [1.82, 2.24) is 5.32 Å². The number of hydrogen-bond donors (Lipinski definition) is 1. The summed E-state index contributed by atoms with van der Waals surface area (Å²) in [5.74, 6) is 0.0591. The molecule has 9 fully saturated rings. The number of ether oxygens (including phenoxy) is 15. The van der Waals surface area contributed by atoms with E-state index >= 15 is 0 Å². The highest BCUT2D eigenvalue weighted by Crippen LogP contribution is 2.47. The number of fused-ring (bicyclic) bond motifs is 1. The summed E-state index contributed by atoms with van der Waals surface area (Å²) in [7, 11) is 2.12. The van der Waals surface area contributed by atoms with E-state index in [0.717, 1.165) is 134 Å². The van der Waals surface area contributed by atoms with Gasteiger partial charge in [-0.15, -0.1) is 0 Å². The monoisotopic (exact) mass is 1580 g/mol. The van der Waals surface area contributed by atoms with Crippen LogP contribution in [0.1, 0.15) is 188 Å². The van der Waals surface area contributed by atoms with E-state index in [-0.39, 0.29) is 52.0 Å². The summed E-state index contributed by atoms with van der Waals surface area (Å²) >= 11 is 5.86. The Bertz CT molecular complexity index is 3360. The first-order valence-corrected chi connectivity index (χ1v) is 42.1. The number of rotatable bonds is 34. The fourth-order valence-corrected chi connectivity index (χ4v) is 12.0. The van der Waals surface area contributed by atoms with E-state index in [1.807, 2.05) is 105 Å². The van der Waals surface area contributed by atoms with Crippen LogP contribution in [0.4, 0.5) is 0 Å². The van der Waals surface area contributed by atoms with Crippen LogP contribution < -0.4 is 10.1 Å². The van der Waals surface area contributed by atoms with Gasteiger partial charge in [0.2, 0.25) is 0 Å². The molecular weight excluding hydrogens is 1450 g/mol. The van der Waals surface area contributed by atoms with Crippen LogP contribution in [0.3, 0.4) is 0 Å². The molecule has 1 N–H and O–H groups in total. The molecule has 10 aliphatic heterocycles. The second kappa shape index (κ2) is 48.7. The van der Waals surface area contributed by atoms with Crippen LogP contribution in [0.25, 0.3) is 0 Å². The Balaban J connectivity index is 0.000000175. The lowest BCUT2D eigenvalue weighted by molar-refractivity contribution is -0.0104. The average molecular weight is 1590 g/mol. The van der Waals surface area contributed by atoms with Gasteiger partial charge < -0.3 is 79.9 Å². The molecule has 0 saturated carbocycles. The quantitative estimate of drug-likeness (QED) is 0.0132. The van der Waals surface area contributed by atoms with E-state index in [2.05, 4.69) is 98.8 Å². The molecule has 0 aromatic heterocycles. The minimum Gasteiger partial charge on any atom is -0.491 e. The summed E-state index contributed by atoms with van der Waals surface area (Å²) in [5, 5.41) is 3.10. The van der Waals surface area contributed by atoms with E-state index in [4.69, 9.17) is 91.5 Å². The van der Waals surface area contributed by atoms with Gasteiger partial charge in [-0.05, 0) is 148 Å². The second-order valence-electron chi connectivity index (χ2n) is 32.3. The van der Waals surface area contributed by atoms with E-state index in [1.54, 1.807) is 26.4 Å². The first-order valence-electron chi connectivity index (χ1n) is 40.0. The van der Waals surface area contributed by atoms with Crippen molar-refractivity contribution in [3.8, 4) is 5.75 Å².